The number of hydrogen-bond donors (Lipinski definition) is 0. The van der Waals surface area contributed by atoms with E-state index in [0.717, 1.165) is 0 Å². The Kier molecular flexibility index (Phi) is 4.07. The highest BCUT2D eigenvalue weighted by Gasteiger charge is 2.35. The van der Waals surface area contributed by atoms with Gasteiger partial charge in [-0.2, -0.15) is 0 Å². The normalized spacial score (nSPS) is 12.4. The van der Waals surface area contributed by atoms with Crippen LogP contribution in [0.4, 0.5) is 0 Å². The fraction of sp³-hybridized carbons (Fsp3) is 0. The van der Waals surface area contributed by atoms with E-state index in [1.54, 1.807) is 12.1 Å². The first-order valence-electron chi connectivity index (χ1n) is 5.40. The standard InChI is InChI=1S/C12H10O5S3/c13-18(19(14,15)11-7-3-1-4-8-11)20(16,17)12-9-5-2-6-10-12/h1-10H. The van der Waals surface area contributed by atoms with E-state index in [0.29, 0.717) is 0 Å². The summed E-state index contributed by atoms with van der Waals surface area (Å²) in [4.78, 5) is -0.587. The highest BCUT2D eigenvalue weighted by molar-refractivity contribution is 8.96. The van der Waals surface area contributed by atoms with E-state index in [1.165, 1.54) is 48.5 Å². The Hall–Kier alpha value is -1.51. The van der Waals surface area contributed by atoms with E-state index in [1.807, 2.05) is 0 Å². The third-order valence-corrected chi connectivity index (χ3v) is 11.4. The summed E-state index contributed by atoms with van der Waals surface area (Å²) >= 11 is 0. The van der Waals surface area contributed by atoms with Crippen molar-refractivity contribution in [3.8, 4) is 0 Å². The Morgan fingerprint density at radius 1 is 0.600 bits per heavy atom. The van der Waals surface area contributed by atoms with Gasteiger partial charge in [-0.1, -0.05) is 36.4 Å². The smallest absolute Gasteiger partial charge is 0.225 e. The Labute approximate surface area is 118 Å². The van der Waals surface area contributed by atoms with E-state index < -0.39 is 26.6 Å². The molecule has 0 fully saturated rings. The second-order valence-electron chi connectivity index (χ2n) is 3.74. The first kappa shape index (κ1) is 14.9. The molecule has 8 heteroatoms. The molecule has 0 spiro atoms. The Bertz CT molecular complexity index is 754. The van der Waals surface area contributed by atoms with Crippen LogP contribution in [0.15, 0.2) is 70.5 Å². The van der Waals surface area contributed by atoms with Crippen LogP contribution in [0.3, 0.4) is 0 Å². The van der Waals surface area contributed by atoms with Crippen LogP contribution < -0.4 is 0 Å². The highest BCUT2D eigenvalue weighted by Crippen LogP contribution is 2.23. The van der Waals surface area contributed by atoms with Crippen molar-refractivity contribution in [2.75, 3.05) is 0 Å². The lowest BCUT2D eigenvalue weighted by Gasteiger charge is -2.05. The summed E-state index contributed by atoms with van der Waals surface area (Å²) in [7, 11) is -12.0. The quantitative estimate of drug-likeness (QED) is 0.793. The minimum absolute atomic E-state index is 0.294. The molecule has 106 valence electrons. The number of benzene rings is 2. The molecule has 0 N–H and O–H groups in total. The average Bonchev–Trinajstić information content (AvgIpc) is 2.48. The van der Waals surface area contributed by atoms with E-state index in [2.05, 4.69) is 0 Å². The molecular weight excluding hydrogens is 320 g/mol. The van der Waals surface area contributed by atoms with Crippen LogP contribution in [0.25, 0.3) is 0 Å². The molecule has 0 atom stereocenters. The summed E-state index contributed by atoms with van der Waals surface area (Å²) in [5, 5.41) is 0. The molecule has 5 nitrogen and oxygen atoms in total. The van der Waals surface area contributed by atoms with Gasteiger partial charge in [-0.25, -0.2) is 21.0 Å². The van der Waals surface area contributed by atoms with E-state index in [9.17, 15) is 21.0 Å². The van der Waals surface area contributed by atoms with Gasteiger partial charge < -0.3 is 0 Å². The molecule has 0 unspecified atom stereocenters. The fourth-order valence-electron chi connectivity index (χ4n) is 1.45. The highest BCUT2D eigenvalue weighted by atomic mass is 33.5. The van der Waals surface area contributed by atoms with Gasteiger partial charge in [-0.15, -0.1) is 0 Å². The molecule has 0 radical (unpaired) electrons. The van der Waals surface area contributed by atoms with Gasteiger partial charge in [0.05, 0.1) is 9.79 Å². The van der Waals surface area contributed by atoms with Crippen molar-refractivity contribution in [1.82, 2.24) is 0 Å². The summed E-state index contributed by atoms with van der Waals surface area (Å²) in [6.45, 7) is 0. The van der Waals surface area contributed by atoms with E-state index in [-0.39, 0.29) is 9.79 Å². The molecule has 0 amide bonds. The minimum Gasteiger partial charge on any atom is -0.225 e. The van der Waals surface area contributed by atoms with Crippen molar-refractivity contribution in [1.29, 1.82) is 0 Å². The van der Waals surface area contributed by atoms with Crippen LogP contribution in [-0.4, -0.2) is 21.0 Å². The SMILES string of the molecule is O=S(S(=O)(=O)c1ccccc1)S(=O)(=O)c1ccccc1. The fourth-order valence-corrected chi connectivity index (χ4v) is 8.83. The summed E-state index contributed by atoms with van der Waals surface area (Å²) in [6.07, 6.45) is 0. The first-order valence-corrected chi connectivity index (χ1v) is 10.5. The van der Waals surface area contributed by atoms with Crippen molar-refractivity contribution in [3.63, 3.8) is 0 Å². The molecule has 0 aromatic heterocycles. The van der Waals surface area contributed by atoms with Crippen LogP contribution in [-0.2, 0) is 26.6 Å². The molecule has 2 aromatic carbocycles. The van der Waals surface area contributed by atoms with Crippen LogP contribution in [0.1, 0.15) is 0 Å². The molecule has 0 saturated heterocycles. The number of rotatable bonds is 4. The minimum atomic E-state index is -4.46. The molecule has 0 aliphatic carbocycles. The Morgan fingerprint density at radius 2 is 0.900 bits per heavy atom. The summed E-state index contributed by atoms with van der Waals surface area (Å²) in [6, 6.07) is 13.7. The maximum absolute atomic E-state index is 12.1. The van der Waals surface area contributed by atoms with Crippen LogP contribution in [0, 0.1) is 0 Å². The summed E-state index contributed by atoms with van der Waals surface area (Å²) in [5.74, 6) is 0. The molecule has 2 aromatic rings. The van der Waals surface area contributed by atoms with Gasteiger partial charge in [0.25, 0.3) is 26.6 Å². The van der Waals surface area contributed by atoms with E-state index >= 15 is 0 Å². The second-order valence-corrected chi connectivity index (χ2v) is 12.0. The third-order valence-electron chi connectivity index (χ3n) is 2.42. The van der Waals surface area contributed by atoms with Gasteiger partial charge in [0.1, 0.15) is 0 Å². The van der Waals surface area contributed by atoms with Crippen LogP contribution >= 0.6 is 0 Å². The van der Waals surface area contributed by atoms with Crippen molar-refractivity contribution in [2.45, 2.75) is 9.79 Å². The topological polar surface area (TPSA) is 85.3 Å². The predicted octanol–water partition coefficient (Wildman–Crippen LogP) is 1.51. The summed E-state index contributed by atoms with van der Waals surface area (Å²) in [5.41, 5.74) is 0. The summed E-state index contributed by atoms with van der Waals surface area (Å²) < 4.78 is 60.3. The van der Waals surface area contributed by atoms with Gasteiger partial charge in [0.2, 0.25) is 0 Å². The van der Waals surface area contributed by atoms with Gasteiger partial charge in [-0.3, -0.25) is 0 Å². The van der Waals surface area contributed by atoms with Gasteiger partial charge in [0, 0.05) is 0 Å². The Morgan fingerprint density at radius 3 is 1.20 bits per heavy atom. The van der Waals surface area contributed by atoms with Crippen molar-refractivity contribution in [2.24, 2.45) is 0 Å². The lowest BCUT2D eigenvalue weighted by molar-refractivity contribution is 0.601. The molecule has 20 heavy (non-hydrogen) atoms. The van der Waals surface area contributed by atoms with Gasteiger partial charge in [-0.05, 0) is 24.3 Å². The molecule has 0 saturated carbocycles. The second kappa shape index (κ2) is 5.47. The zero-order valence-corrected chi connectivity index (χ0v) is 12.5. The molecular formula is C12H10O5S3. The lowest BCUT2D eigenvalue weighted by Crippen LogP contribution is -2.18. The maximum atomic E-state index is 12.1. The van der Waals surface area contributed by atoms with Crippen molar-refractivity contribution >= 4 is 26.6 Å². The lowest BCUT2D eigenvalue weighted by atomic mass is 10.4. The average molecular weight is 330 g/mol. The van der Waals surface area contributed by atoms with Crippen molar-refractivity contribution in [3.05, 3.63) is 60.7 Å². The largest absolute Gasteiger partial charge is 0.272 e. The van der Waals surface area contributed by atoms with Crippen molar-refractivity contribution < 1.29 is 21.0 Å². The van der Waals surface area contributed by atoms with Gasteiger partial charge >= 0.3 is 0 Å². The number of hydrogen-bond acceptors (Lipinski definition) is 5. The van der Waals surface area contributed by atoms with E-state index in [4.69, 9.17) is 0 Å². The van der Waals surface area contributed by atoms with Gasteiger partial charge in [0.15, 0.2) is 0 Å². The first-order chi connectivity index (χ1) is 9.37. The maximum Gasteiger partial charge on any atom is 0.272 e. The monoisotopic (exact) mass is 330 g/mol. The molecule has 2 rings (SSSR count). The van der Waals surface area contributed by atoms with Crippen LogP contribution in [0.5, 0.6) is 0 Å². The third kappa shape index (κ3) is 2.67. The molecule has 0 aliphatic heterocycles. The predicted molar refractivity (Wildman–Crippen MR) is 75.4 cm³/mol. The Balaban J connectivity index is 2.53. The molecule has 0 heterocycles. The zero-order chi connectivity index (χ0) is 14.8. The molecule has 0 aliphatic rings. The van der Waals surface area contributed by atoms with Crippen LogP contribution in [0.2, 0.25) is 0 Å². The zero-order valence-electron chi connectivity index (χ0n) is 10.0. The molecule has 0 bridgehead atoms.